The van der Waals surface area contributed by atoms with E-state index in [0.29, 0.717) is 5.82 Å². The molecule has 0 aliphatic rings. The molecule has 5 heteroatoms. The summed E-state index contributed by atoms with van der Waals surface area (Å²) in [6.45, 7) is 3.69. The zero-order chi connectivity index (χ0) is 14.0. The van der Waals surface area contributed by atoms with Gasteiger partial charge in [-0.1, -0.05) is 11.6 Å². The first kappa shape index (κ1) is 13.7. The van der Waals surface area contributed by atoms with Crippen LogP contribution in [0.4, 0.5) is 10.2 Å². The zero-order valence-corrected chi connectivity index (χ0v) is 12.1. The number of halogens is 2. The molecule has 0 bridgehead atoms. The molecule has 0 aliphatic carbocycles. The van der Waals surface area contributed by atoms with Crippen LogP contribution in [-0.2, 0) is 0 Å². The molecule has 98 valence electrons. The molecule has 19 heavy (non-hydrogen) atoms. The molecule has 1 aromatic carbocycles. The van der Waals surface area contributed by atoms with E-state index in [4.69, 9.17) is 0 Å². The summed E-state index contributed by atoms with van der Waals surface area (Å²) in [5, 5.41) is 2.58. The molecule has 0 saturated heterocycles. The smallest absolute Gasteiger partial charge is 0.259 e. The largest absolute Gasteiger partial charge is 0.306 e. The second kappa shape index (κ2) is 5.48. The lowest BCUT2D eigenvalue weighted by Crippen LogP contribution is -2.15. The Kier molecular flexibility index (Phi) is 3.95. The number of amides is 1. The maximum Gasteiger partial charge on any atom is 0.259 e. The van der Waals surface area contributed by atoms with Crippen molar-refractivity contribution in [3.05, 3.63) is 57.4 Å². The lowest BCUT2D eigenvalue weighted by Gasteiger charge is -2.07. The SMILES string of the molecule is Cc1ccc(F)c(C(=O)Nc2cc(C)c(Br)cn2)c1. The summed E-state index contributed by atoms with van der Waals surface area (Å²) in [6, 6.07) is 6.13. The van der Waals surface area contributed by atoms with E-state index < -0.39 is 11.7 Å². The summed E-state index contributed by atoms with van der Waals surface area (Å²) >= 11 is 3.33. The number of benzene rings is 1. The minimum Gasteiger partial charge on any atom is -0.306 e. The molecule has 2 rings (SSSR count). The first-order valence-electron chi connectivity index (χ1n) is 5.67. The van der Waals surface area contributed by atoms with Gasteiger partial charge >= 0.3 is 0 Å². The molecule has 0 aliphatic heterocycles. The Balaban J connectivity index is 2.25. The van der Waals surface area contributed by atoms with Crippen molar-refractivity contribution in [2.75, 3.05) is 5.32 Å². The van der Waals surface area contributed by atoms with Crippen molar-refractivity contribution in [2.45, 2.75) is 13.8 Å². The van der Waals surface area contributed by atoms with E-state index in [9.17, 15) is 9.18 Å². The molecule has 0 fully saturated rings. The van der Waals surface area contributed by atoms with Crippen LogP contribution in [0.3, 0.4) is 0 Å². The van der Waals surface area contributed by atoms with E-state index in [-0.39, 0.29) is 5.56 Å². The van der Waals surface area contributed by atoms with Crippen molar-refractivity contribution < 1.29 is 9.18 Å². The van der Waals surface area contributed by atoms with Crippen molar-refractivity contribution in [2.24, 2.45) is 0 Å². The monoisotopic (exact) mass is 322 g/mol. The average Bonchev–Trinajstić information content (AvgIpc) is 2.36. The first-order chi connectivity index (χ1) is 8.97. The maximum atomic E-state index is 13.6. The molecule has 2 aromatic rings. The summed E-state index contributed by atoms with van der Waals surface area (Å²) in [5.41, 5.74) is 1.78. The normalized spacial score (nSPS) is 10.3. The number of aryl methyl sites for hydroxylation is 2. The van der Waals surface area contributed by atoms with E-state index in [0.717, 1.165) is 15.6 Å². The third-order valence-corrected chi connectivity index (χ3v) is 3.49. The summed E-state index contributed by atoms with van der Waals surface area (Å²) in [4.78, 5) is 16.0. The van der Waals surface area contributed by atoms with Gasteiger partial charge in [-0.3, -0.25) is 4.79 Å². The quantitative estimate of drug-likeness (QED) is 0.912. The van der Waals surface area contributed by atoms with E-state index in [1.54, 1.807) is 25.3 Å². The van der Waals surface area contributed by atoms with Crippen molar-refractivity contribution >= 4 is 27.7 Å². The van der Waals surface area contributed by atoms with E-state index in [1.165, 1.54) is 12.1 Å². The first-order valence-corrected chi connectivity index (χ1v) is 6.46. The van der Waals surface area contributed by atoms with Crippen molar-refractivity contribution in [3.63, 3.8) is 0 Å². The van der Waals surface area contributed by atoms with E-state index >= 15 is 0 Å². The standard InChI is InChI=1S/C14H12BrFN2O/c1-8-3-4-12(16)10(5-8)14(19)18-13-6-9(2)11(15)7-17-13/h3-7H,1-2H3,(H,17,18,19). The number of hydrogen-bond donors (Lipinski definition) is 1. The molecular formula is C14H12BrFN2O. The molecule has 0 saturated carbocycles. The van der Waals surface area contributed by atoms with Gasteiger partial charge in [0, 0.05) is 10.7 Å². The van der Waals surface area contributed by atoms with Gasteiger partial charge < -0.3 is 5.32 Å². The van der Waals surface area contributed by atoms with Crippen molar-refractivity contribution in [3.8, 4) is 0 Å². The number of rotatable bonds is 2. The van der Waals surface area contributed by atoms with Crippen LogP contribution in [0.2, 0.25) is 0 Å². The van der Waals surface area contributed by atoms with Gasteiger partial charge in [0.15, 0.2) is 0 Å². The third-order valence-electron chi connectivity index (χ3n) is 2.66. The molecule has 1 aromatic heterocycles. The molecule has 0 unspecified atom stereocenters. The molecule has 0 radical (unpaired) electrons. The van der Waals surface area contributed by atoms with Gasteiger partial charge in [-0.15, -0.1) is 0 Å². The second-order valence-corrected chi connectivity index (χ2v) is 5.11. The maximum absolute atomic E-state index is 13.6. The van der Waals surface area contributed by atoms with E-state index in [2.05, 4.69) is 26.2 Å². The van der Waals surface area contributed by atoms with Gasteiger partial charge in [0.2, 0.25) is 0 Å². The van der Waals surface area contributed by atoms with Gasteiger partial charge in [0.25, 0.3) is 5.91 Å². The Morgan fingerprint density at radius 3 is 2.74 bits per heavy atom. The number of carbonyl (C=O) groups excluding carboxylic acids is 1. The predicted molar refractivity (Wildman–Crippen MR) is 75.8 cm³/mol. The highest BCUT2D eigenvalue weighted by Gasteiger charge is 2.12. The lowest BCUT2D eigenvalue weighted by molar-refractivity contribution is 0.102. The van der Waals surface area contributed by atoms with Crippen LogP contribution in [0.15, 0.2) is 34.9 Å². The van der Waals surface area contributed by atoms with Crippen molar-refractivity contribution in [1.29, 1.82) is 0 Å². The highest BCUT2D eigenvalue weighted by Crippen LogP contribution is 2.18. The van der Waals surface area contributed by atoms with Crippen LogP contribution >= 0.6 is 15.9 Å². The molecule has 1 heterocycles. The summed E-state index contributed by atoms with van der Waals surface area (Å²) in [7, 11) is 0. The van der Waals surface area contributed by atoms with Crippen LogP contribution in [0.5, 0.6) is 0 Å². The van der Waals surface area contributed by atoms with Crippen LogP contribution in [-0.4, -0.2) is 10.9 Å². The molecule has 1 N–H and O–H groups in total. The fourth-order valence-corrected chi connectivity index (χ4v) is 1.82. The third kappa shape index (κ3) is 3.17. The summed E-state index contributed by atoms with van der Waals surface area (Å²) in [5.74, 6) is -0.654. The number of carbonyl (C=O) groups is 1. The lowest BCUT2D eigenvalue weighted by atomic mass is 10.1. The predicted octanol–water partition coefficient (Wildman–Crippen LogP) is 3.85. The average molecular weight is 323 g/mol. The van der Waals surface area contributed by atoms with Crippen LogP contribution in [0.1, 0.15) is 21.5 Å². The second-order valence-electron chi connectivity index (χ2n) is 4.26. The number of nitrogens with one attached hydrogen (secondary N) is 1. The molecule has 0 spiro atoms. The fraction of sp³-hybridized carbons (Fsp3) is 0.143. The fourth-order valence-electron chi connectivity index (χ4n) is 1.60. The van der Waals surface area contributed by atoms with Gasteiger partial charge in [-0.05, 0) is 53.5 Å². The summed E-state index contributed by atoms with van der Waals surface area (Å²) < 4.78 is 14.4. The number of aromatic nitrogens is 1. The van der Waals surface area contributed by atoms with Gasteiger partial charge in [0.05, 0.1) is 5.56 Å². The van der Waals surface area contributed by atoms with Gasteiger partial charge in [0.1, 0.15) is 11.6 Å². The highest BCUT2D eigenvalue weighted by atomic mass is 79.9. The Morgan fingerprint density at radius 2 is 2.05 bits per heavy atom. The number of anilines is 1. The van der Waals surface area contributed by atoms with E-state index in [1.807, 2.05) is 6.92 Å². The van der Waals surface area contributed by atoms with Gasteiger partial charge in [-0.2, -0.15) is 0 Å². The number of nitrogens with zero attached hydrogens (tertiary/aromatic N) is 1. The summed E-state index contributed by atoms with van der Waals surface area (Å²) in [6.07, 6.45) is 1.59. The zero-order valence-electron chi connectivity index (χ0n) is 10.5. The van der Waals surface area contributed by atoms with Crippen molar-refractivity contribution in [1.82, 2.24) is 4.98 Å². The minimum absolute atomic E-state index is 0.0161. The topological polar surface area (TPSA) is 42.0 Å². The highest BCUT2D eigenvalue weighted by molar-refractivity contribution is 9.10. The molecule has 0 atom stereocenters. The minimum atomic E-state index is -0.545. The Labute approximate surface area is 119 Å². The Bertz CT molecular complexity index is 643. The Hall–Kier alpha value is -1.75. The number of pyridine rings is 1. The molecule has 3 nitrogen and oxygen atoms in total. The van der Waals surface area contributed by atoms with Gasteiger partial charge in [-0.25, -0.2) is 9.37 Å². The Morgan fingerprint density at radius 1 is 1.32 bits per heavy atom. The molecular weight excluding hydrogens is 311 g/mol. The van der Waals surface area contributed by atoms with Crippen LogP contribution < -0.4 is 5.32 Å². The number of hydrogen-bond acceptors (Lipinski definition) is 2. The van der Waals surface area contributed by atoms with Crippen LogP contribution in [0.25, 0.3) is 0 Å². The molecule has 1 amide bonds. The van der Waals surface area contributed by atoms with Crippen LogP contribution in [0, 0.1) is 19.7 Å².